The Morgan fingerprint density at radius 1 is 1.35 bits per heavy atom. The van der Waals surface area contributed by atoms with Gasteiger partial charge in [-0.1, -0.05) is 20.8 Å². The minimum Gasteiger partial charge on any atom is -0.478 e. The zero-order valence-electron chi connectivity index (χ0n) is 12.3. The Morgan fingerprint density at radius 2 is 2.10 bits per heavy atom. The van der Waals surface area contributed by atoms with Crippen molar-refractivity contribution in [1.82, 2.24) is 4.98 Å². The second kappa shape index (κ2) is 4.37. The molecule has 1 heterocycles. The number of benzene rings is 1. The number of hydrogen-bond donors (Lipinski definition) is 2. The van der Waals surface area contributed by atoms with E-state index in [9.17, 15) is 4.79 Å². The van der Waals surface area contributed by atoms with Gasteiger partial charge in [0.05, 0.1) is 5.56 Å². The fourth-order valence-electron chi connectivity index (χ4n) is 3.46. The Kier molecular flexibility index (Phi) is 2.89. The third-order valence-corrected chi connectivity index (χ3v) is 4.50. The average Bonchev–Trinajstić information content (AvgIpc) is 2.74. The maximum absolute atomic E-state index is 11.1. The van der Waals surface area contributed by atoms with Crippen LogP contribution in [0.4, 0.5) is 0 Å². The van der Waals surface area contributed by atoms with E-state index in [0.29, 0.717) is 11.5 Å². The molecule has 3 rings (SSSR count). The molecule has 1 aromatic heterocycles. The van der Waals surface area contributed by atoms with Crippen molar-refractivity contribution < 1.29 is 9.90 Å². The minimum atomic E-state index is -0.856. The molecule has 0 bridgehead atoms. The summed E-state index contributed by atoms with van der Waals surface area (Å²) in [5.41, 5.74) is 4.31. The monoisotopic (exact) mass is 271 g/mol. The molecule has 20 heavy (non-hydrogen) atoms. The molecular weight excluding hydrogens is 250 g/mol. The molecule has 0 fully saturated rings. The van der Waals surface area contributed by atoms with Gasteiger partial charge in [0.15, 0.2) is 0 Å². The van der Waals surface area contributed by atoms with E-state index in [0.717, 1.165) is 17.3 Å². The highest BCUT2D eigenvalue weighted by molar-refractivity contribution is 5.95. The van der Waals surface area contributed by atoms with E-state index in [1.807, 2.05) is 12.1 Å². The van der Waals surface area contributed by atoms with Crippen LogP contribution in [0.1, 0.15) is 61.1 Å². The number of rotatable bonds is 1. The molecule has 3 nitrogen and oxygen atoms in total. The van der Waals surface area contributed by atoms with Crippen LogP contribution in [-0.4, -0.2) is 16.1 Å². The van der Waals surface area contributed by atoms with Gasteiger partial charge in [0, 0.05) is 22.5 Å². The van der Waals surface area contributed by atoms with Gasteiger partial charge in [-0.3, -0.25) is 0 Å². The lowest BCUT2D eigenvalue weighted by atomic mass is 9.72. The smallest absolute Gasteiger partial charge is 0.335 e. The number of fused-ring (bicyclic) bond motifs is 3. The Balaban J connectivity index is 2.20. The summed E-state index contributed by atoms with van der Waals surface area (Å²) in [6, 6.07) is 5.40. The van der Waals surface area contributed by atoms with E-state index in [4.69, 9.17) is 5.11 Å². The van der Waals surface area contributed by atoms with Crippen LogP contribution in [0.25, 0.3) is 10.9 Å². The van der Waals surface area contributed by atoms with Crippen LogP contribution in [0.5, 0.6) is 0 Å². The summed E-state index contributed by atoms with van der Waals surface area (Å²) in [6.45, 7) is 6.84. The van der Waals surface area contributed by atoms with Crippen molar-refractivity contribution in [3.05, 3.63) is 35.0 Å². The molecule has 3 heteroatoms. The summed E-state index contributed by atoms with van der Waals surface area (Å²) in [6.07, 6.45) is 3.43. The number of carboxylic acid groups (broad SMARTS) is 1. The number of H-pyrrole nitrogens is 1. The van der Waals surface area contributed by atoms with Gasteiger partial charge in [0.25, 0.3) is 0 Å². The Bertz CT molecular complexity index is 676. The molecular formula is C17H21NO2. The number of carbonyl (C=O) groups is 1. The van der Waals surface area contributed by atoms with Crippen molar-refractivity contribution >= 4 is 16.9 Å². The lowest BCUT2D eigenvalue weighted by Crippen LogP contribution is -2.22. The molecule has 1 unspecified atom stereocenters. The van der Waals surface area contributed by atoms with Crippen molar-refractivity contribution in [1.29, 1.82) is 0 Å². The standard InChI is InChI=1S/C17H21NO2/c1-17(2,3)13-6-4-5-11-12-9-10(16(19)20)7-8-14(12)18-15(11)13/h7-9,13,18H,4-6H2,1-3H3,(H,19,20). The van der Waals surface area contributed by atoms with E-state index in [1.165, 1.54) is 24.1 Å². The largest absolute Gasteiger partial charge is 0.478 e. The molecule has 2 aromatic rings. The third-order valence-electron chi connectivity index (χ3n) is 4.50. The highest BCUT2D eigenvalue weighted by Gasteiger charge is 2.32. The topological polar surface area (TPSA) is 53.1 Å². The van der Waals surface area contributed by atoms with Crippen molar-refractivity contribution in [3.63, 3.8) is 0 Å². The van der Waals surface area contributed by atoms with E-state index in [-0.39, 0.29) is 5.41 Å². The number of aromatic amines is 1. The van der Waals surface area contributed by atoms with E-state index < -0.39 is 5.97 Å². The molecule has 1 atom stereocenters. The van der Waals surface area contributed by atoms with Gasteiger partial charge in [-0.2, -0.15) is 0 Å². The van der Waals surface area contributed by atoms with Crippen LogP contribution >= 0.6 is 0 Å². The fraction of sp³-hybridized carbons (Fsp3) is 0.471. The number of aromatic nitrogens is 1. The van der Waals surface area contributed by atoms with Crippen LogP contribution in [0.3, 0.4) is 0 Å². The van der Waals surface area contributed by atoms with Crippen molar-refractivity contribution in [2.24, 2.45) is 5.41 Å². The first-order valence-corrected chi connectivity index (χ1v) is 7.25. The summed E-state index contributed by atoms with van der Waals surface area (Å²) in [5.74, 6) is -0.336. The third kappa shape index (κ3) is 2.01. The molecule has 0 saturated carbocycles. The van der Waals surface area contributed by atoms with Crippen LogP contribution in [0.2, 0.25) is 0 Å². The van der Waals surface area contributed by atoms with Crippen LogP contribution < -0.4 is 0 Å². The quantitative estimate of drug-likeness (QED) is 0.811. The molecule has 0 amide bonds. The second-order valence-electron chi connectivity index (χ2n) is 6.89. The highest BCUT2D eigenvalue weighted by atomic mass is 16.4. The maximum Gasteiger partial charge on any atom is 0.335 e. The molecule has 0 saturated heterocycles. The molecule has 1 aliphatic rings. The van der Waals surface area contributed by atoms with Gasteiger partial charge in [-0.25, -0.2) is 4.79 Å². The van der Waals surface area contributed by atoms with Crippen LogP contribution in [0, 0.1) is 5.41 Å². The van der Waals surface area contributed by atoms with Gasteiger partial charge in [0.2, 0.25) is 0 Å². The molecule has 0 radical (unpaired) electrons. The SMILES string of the molecule is CC(C)(C)C1CCCc2c1[nH]c1ccc(C(=O)O)cc21. The molecule has 0 aliphatic heterocycles. The second-order valence-corrected chi connectivity index (χ2v) is 6.89. The fourth-order valence-corrected chi connectivity index (χ4v) is 3.46. The zero-order valence-corrected chi connectivity index (χ0v) is 12.3. The molecule has 1 aromatic carbocycles. The summed E-state index contributed by atoms with van der Waals surface area (Å²) >= 11 is 0. The number of carboxylic acids is 1. The van der Waals surface area contributed by atoms with E-state index in [2.05, 4.69) is 25.8 Å². The van der Waals surface area contributed by atoms with Crippen molar-refractivity contribution in [2.75, 3.05) is 0 Å². The minimum absolute atomic E-state index is 0.228. The van der Waals surface area contributed by atoms with E-state index >= 15 is 0 Å². The zero-order chi connectivity index (χ0) is 14.5. The average molecular weight is 271 g/mol. The number of aromatic carboxylic acids is 1. The van der Waals surface area contributed by atoms with Gasteiger partial charge in [-0.15, -0.1) is 0 Å². The van der Waals surface area contributed by atoms with Gasteiger partial charge >= 0.3 is 5.97 Å². The molecule has 0 spiro atoms. The van der Waals surface area contributed by atoms with Crippen LogP contribution in [0.15, 0.2) is 18.2 Å². The van der Waals surface area contributed by atoms with Gasteiger partial charge in [-0.05, 0) is 48.4 Å². The summed E-state index contributed by atoms with van der Waals surface area (Å²) < 4.78 is 0. The number of hydrogen-bond acceptors (Lipinski definition) is 1. The Hall–Kier alpha value is -1.77. The normalized spacial score (nSPS) is 19.1. The van der Waals surface area contributed by atoms with Crippen molar-refractivity contribution in [3.8, 4) is 0 Å². The first kappa shape index (κ1) is 13.2. The number of aryl methyl sites for hydroxylation is 1. The predicted molar refractivity (Wildman–Crippen MR) is 80.4 cm³/mol. The molecule has 1 aliphatic carbocycles. The molecule has 2 N–H and O–H groups in total. The first-order chi connectivity index (χ1) is 9.38. The summed E-state index contributed by atoms with van der Waals surface area (Å²) in [4.78, 5) is 14.7. The maximum atomic E-state index is 11.1. The first-order valence-electron chi connectivity index (χ1n) is 7.25. The van der Waals surface area contributed by atoms with Crippen molar-refractivity contribution in [2.45, 2.75) is 46.0 Å². The Labute approximate surface area is 119 Å². The Morgan fingerprint density at radius 3 is 2.75 bits per heavy atom. The predicted octanol–water partition coefficient (Wildman–Crippen LogP) is 4.33. The molecule has 106 valence electrons. The number of nitrogens with one attached hydrogen (secondary N) is 1. The lowest BCUT2D eigenvalue weighted by molar-refractivity contribution is 0.0697. The summed E-state index contributed by atoms with van der Waals surface area (Å²) in [5, 5.41) is 10.2. The highest BCUT2D eigenvalue weighted by Crippen LogP contribution is 2.45. The van der Waals surface area contributed by atoms with Gasteiger partial charge < -0.3 is 10.1 Å². The van der Waals surface area contributed by atoms with Gasteiger partial charge in [0.1, 0.15) is 0 Å². The lowest BCUT2D eigenvalue weighted by Gasteiger charge is -2.34. The van der Waals surface area contributed by atoms with Crippen LogP contribution in [-0.2, 0) is 6.42 Å². The van der Waals surface area contributed by atoms with E-state index in [1.54, 1.807) is 6.07 Å². The summed E-state index contributed by atoms with van der Waals surface area (Å²) in [7, 11) is 0.